The third-order valence-electron chi connectivity index (χ3n) is 2.87. The van der Waals surface area contributed by atoms with E-state index in [0.717, 1.165) is 19.4 Å². The van der Waals surface area contributed by atoms with Crippen molar-refractivity contribution < 1.29 is 17.9 Å². The van der Waals surface area contributed by atoms with Gasteiger partial charge in [0.2, 0.25) is 0 Å². The Morgan fingerprint density at radius 2 is 2.20 bits per heavy atom. The number of alkyl halides is 3. The molecule has 1 aliphatic rings. The van der Waals surface area contributed by atoms with Gasteiger partial charge in [0.1, 0.15) is 0 Å². The first-order valence-electron chi connectivity index (χ1n) is 5.34. The van der Waals surface area contributed by atoms with Crippen LogP contribution < -0.4 is 5.32 Å². The zero-order valence-corrected chi connectivity index (χ0v) is 8.94. The fourth-order valence-electron chi connectivity index (χ4n) is 2.02. The molecule has 1 heterocycles. The normalized spacial score (nSPS) is 25.2. The smallest absolute Gasteiger partial charge is 0.381 e. The van der Waals surface area contributed by atoms with E-state index in [1.807, 2.05) is 0 Å². The van der Waals surface area contributed by atoms with Gasteiger partial charge in [-0.05, 0) is 32.2 Å². The highest BCUT2D eigenvalue weighted by Crippen LogP contribution is 2.26. The van der Waals surface area contributed by atoms with Crippen molar-refractivity contribution in [3.05, 3.63) is 0 Å². The Morgan fingerprint density at radius 1 is 1.47 bits per heavy atom. The highest BCUT2D eigenvalue weighted by atomic mass is 19.4. The SMILES string of the molecule is CNC(CCC(F)(F)F)C1CCCOC1. The lowest BCUT2D eigenvalue weighted by Gasteiger charge is -2.30. The van der Waals surface area contributed by atoms with Gasteiger partial charge in [-0.25, -0.2) is 0 Å². The average Bonchev–Trinajstić information content (AvgIpc) is 2.19. The van der Waals surface area contributed by atoms with Crippen LogP contribution in [0, 0.1) is 5.92 Å². The maximum Gasteiger partial charge on any atom is 0.389 e. The van der Waals surface area contributed by atoms with Crippen molar-refractivity contribution >= 4 is 0 Å². The van der Waals surface area contributed by atoms with Crippen molar-refractivity contribution in [1.82, 2.24) is 5.32 Å². The van der Waals surface area contributed by atoms with Crippen molar-refractivity contribution in [2.24, 2.45) is 5.92 Å². The molecule has 0 aliphatic carbocycles. The van der Waals surface area contributed by atoms with E-state index >= 15 is 0 Å². The summed E-state index contributed by atoms with van der Waals surface area (Å²) in [5, 5.41) is 2.96. The second kappa shape index (κ2) is 5.70. The first-order valence-corrected chi connectivity index (χ1v) is 5.34. The summed E-state index contributed by atoms with van der Waals surface area (Å²) in [6.45, 7) is 1.33. The molecule has 0 spiro atoms. The Bertz CT molecular complexity index is 178. The first-order chi connectivity index (χ1) is 7.03. The van der Waals surface area contributed by atoms with Gasteiger partial charge in [0, 0.05) is 19.1 Å². The minimum absolute atomic E-state index is 0.0769. The predicted molar refractivity (Wildman–Crippen MR) is 51.7 cm³/mol. The molecule has 0 aromatic carbocycles. The van der Waals surface area contributed by atoms with Crippen LogP contribution in [-0.2, 0) is 4.74 Å². The average molecular weight is 225 g/mol. The Morgan fingerprint density at radius 3 is 2.67 bits per heavy atom. The highest BCUT2D eigenvalue weighted by molar-refractivity contribution is 4.78. The Labute approximate surface area is 88.2 Å². The van der Waals surface area contributed by atoms with Crippen molar-refractivity contribution in [2.75, 3.05) is 20.3 Å². The van der Waals surface area contributed by atoms with Crippen LogP contribution in [0.3, 0.4) is 0 Å². The maximum atomic E-state index is 12.1. The van der Waals surface area contributed by atoms with Gasteiger partial charge in [0.15, 0.2) is 0 Å². The van der Waals surface area contributed by atoms with Gasteiger partial charge in [-0.1, -0.05) is 0 Å². The number of halogens is 3. The van der Waals surface area contributed by atoms with Crippen molar-refractivity contribution in [2.45, 2.75) is 37.9 Å². The quantitative estimate of drug-likeness (QED) is 0.793. The third kappa shape index (κ3) is 4.84. The fraction of sp³-hybridized carbons (Fsp3) is 1.00. The zero-order valence-electron chi connectivity index (χ0n) is 8.94. The van der Waals surface area contributed by atoms with Crippen LogP contribution in [0.5, 0.6) is 0 Å². The van der Waals surface area contributed by atoms with E-state index in [-0.39, 0.29) is 18.4 Å². The summed E-state index contributed by atoms with van der Waals surface area (Å²) in [5.74, 6) is 0.228. The van der Waals surface area contributed by atoms with E-state index in [2.05, 4.69) is 5.32 Å². The topological polar surface area (TPSA) is 21.3 Å². The van der Waals surface area contributed by atoms with E-state index in [1.165, 1.54) is 0 Å². The van der Waals surface area contributed by atoms with Gasteiger partial charge in [0.05, 0.1) is 6.61 Å². The molecule has 1 N–H and O–H groups in total. The molecule has 2 nitrogen and oxygen atoms in total. The molecule has 1 saturated heterocycles. The van der Waals surface area contributed by atoms with Crippen LogP contribution >= 0.6 is 0 Å². The Balaban J connectivity index is 2.34. The highest BCUT2D eigenvalue weighted by Gasteiger charge is 2.31. The molecule has 1 aliphatic heterocycles. The molecule has 0 aromatic rings. The zero-order chi connectivity index (χ0) is 11.3. The molecule has 0 bridgehead atoms. The van der Waals surface area contributed by atoms with E-state index in [0.29, 0.717) is 6.61 Å². The summed E-state index contributed by atoms with van der Waals surface area (Å²) in [6.07, 6.45) is -2.70. The summed E-state index contributed by atoms with van der Waals surface area (Å²) >= 11 is 0. The molecule has 1 fully saturated rings. The summed E-state index contributed by atoms with van der Waals surface area (Å²) < 4.78 is 41.5. The summed E-state index contributed by atoms with van der Waals surface area (Å²) in [7, 11) is 1.72. The van der Waals surface area contributed by atoms with Crippen LogP contribution in [0.25, 0.3) is 0 Å². The number of hydrogen-bond donors (Lipinski definition) is 1. The maximum absolute atomic E-state index is 12.1. The van der Waals surface area contributed by atoms with Crippen molar-refractivity contribution in [3.63, 3.8) is 0 Å². The monoisotopic (exact) mass is 225 g/mol. The van der Waals surface area contributed by atoms with E-state index < -0.39 is 12.6 Å². The second-order valence-corrected chi connectivity index (χ2v) is 4.03. The predicted octanol–water partition coefficient (Wildman–Crippen LogP) is 2.34. The molecule has 0 saturated carbocycles. The largest absolute Gasteiger partial charge is 0.389 e. The lowest BCUT2D eigenvalue weighted by Crippen LogP contribution is -2.39. The van der Waals surface area contributed by atoms with Gasteiger partial charge >= 0.3 is 6.18 Å². The van der Waals surface area contributed by atoms with Gasteiger partial charge < -0.3 is 10.1 Å². The number of rotatable bonds is 4. The van der Waals surface area contributed by atoms with Crippen LogP contribution in [0.15, 0.2) is 0 Å². The van der Waals surface area contributed by atoms with Crippen LogP contribution in [0.2, 0.25) is 0 Å². The van der Waals surface area contributed by atoms with Gasteiger partial charge in [-0.3, -0.25) is 0 Å². The summed E-state index contributed by atoms with van der Waals surface area (Å²) in [6, 6.07) is -0.0769. The van der Waals surface area contributed by atoms with E-state index in [4.69, 9.17) is 4.74 Å². The lowest BCUT2D eigenvalue weighted by atomic mass is 9.91. The van der Waals surface area contributed by atoms with Crippen LogP contribution in [0.4, 0.5) is 13.2 Å². The standard InChI is InChI=1S/C10H18F3NO/c1-14-9(4-5-10(11,12)13)8-3-2-6-15-7-8/h8-9,14H,2-7H2,1H3. The first kappa shape index (κ1) is 12.8. The summed E-state index contributed by atoms with van der Waals surface area (Å²) in [4.78, 5) is 0. The molecule has 0 amide bonds. The van der Waals surface area contributed by atoms with Gasteiger partial charge in [-0.2, -0.15) is 13.2 Å². The van der Waals surface area contributed by atoms with Crippen LogP contribution in [-0.4, -0.2) is 32.5 Å². The minimum Gasteiger partial charge on any atom is -0.381 e. The fourth-order valence-corrected chi connectivity index (χ4v) is 2.02. The number of nitrogens with one attached hydrogen (secondary N) is 1. The van der Waals surface area contributed by atoms with E-state index in [1.54, 1.807) is 7.05 Å². The molecule has 90 valence electrons. The molecule has 5 heteroatoms. The molecular formula is C10H18F3NO. The minimum atomic E-state index is -4.05. The third-order valence-corrected chi connectivity index (χ3v) is 2.87. The van der Waals surface area contributed by atoms with Crippen molar-refractivity contribution in [1.29, 1.82) is 0 Å². The lowest BCUT2D eigenvalue weighted by molar-refractivity contribution is -0.137. The van der Waals surface area contributed by atoms with E-state index in [9.17, 15) is 13.2 Å². The number of hydrogen-bond acceptors (Lipinski definition) is 2. The molecule has 2 atom stereocenters. The second-order valence-electron chi connectivity index (χ2n) is 4.03. The molecule has 2 unspecified atom stereocenters. The van der Waals surface area contributed by atoms with Gasteiger partial charge in [0.25, 0.3) is 0 Å². The number of ether oxygens (including phenoxy) is 1. The molecule has 0 radical (unpaired) electrons. The Kier molecular flexibility index (Phi) is 4.86. The molecular weight excluding hydrogens is 207 g/mol. The summed E-state index contributed by atoms with van der Waals surface area (Å²) in [5.41, 5.74) is 0. The van der Waals surface area contributed by atoms with Crippen LogP contribution in [0.1, 0.15) is 25.7 Å². The molecule has 1 rings (SSSR count). The van der Waals surface area contributed by atoms with Gasteiger partial charge in [-0.15, -0.1) is 0 Å². The molecule has 15 heavy (non-hydrogen) atoms. The molecule has 0 aromatic heterocycles. The van der Waals surface area contributed by atoms with Crippen molar-refractivity contribution in [3.8, 4) is 0 Å². The Hall–Kier alpha value is -0.290.